The van der Waals surface area contributed by atoms with E-state index in [0.29, 0.717) is 4.88 Å². The number of hydrogen-bond donors (Lipinski definition) is 1. The molecule has 1 amide bonds. The first-order valence-corrected chi connectivity index (χ1v) is 4.71. The molecule has 1 heterocycles. The highest BCUT2D eigenvalue weighted by Gasteiger charge is 2.14. The molecule has 13 heavy (non-hydrogen) atoms. The number of amides is 1. The molecule has 0 aliphatic heterocycles. The van der Waals surface area contributed by atoms with Crippen LogP contribution in [0, 0.1) is 0 Å². The van der Waals surface area contributed by atoms with Crippen LogP contribution in [-0.2, 0) is 11.3 Å². The largest absolute Gasteiger partial charge is 0.288 e. The standard InChI is InChI=1S/C7H11N3O2S/c1-3-4-5-6(13-10-8-5)7(11)9-12-2/h3-4H2,1-2H3,(H,9,11). The second kappa shape index (κ2) is 4.88. The number of carbonyl (C=O) groups is 1. The third-order valence-electron chi connectivity index (χ3n) is 1.44. The lowest BCUT2D eigenvalue weighted by molar-refractivity contribution is 0.0541. The molecule has 1 N–H and O–H groups in total. The summed E-state index contributed by atoms with van der Waals surface area (Å²) in [6.07, 6.45) is 1.71. The van der Waals surface area contributed by atoms with Crippen LogP contribution in [0.1, 0.15) is 28.7 Å². The van der Waals surface area contributed by atoms with Gasteiger partial charge in [-0.05, 0) is 18.0 Å². The third kappa shape index (κ3) is 2.46. The highest BCUT2D eigenvalue weighted by molar-refractivity contribution is 7.07. The molecule has 0 spiro atoms. The van der Waals surface area contributed by atoms with Crippen LogP contribution in [0.15, 0.2) is 0 Å². The Balaban J connectivity index is 2.74. The molecule has 0 saturated carbocycles. The molecule has 6 heteroatoms. The van der Waals surface area contributed by atoms with Crippen molar-refractivity contribution < 1.29 is 9.63 Å². The molecule has 1 aromatic heterocycles. The Hall–Kier alpha value is -1.01. The molecule has 0 atom stereocenters. The Bertz CT molecular complexity index is 287. The predicted octanol–water partition coefficient (Wildman–Crippen LogP) is 0.782. The lowest BCUT2D eigenvalue weighted by Gasteiger charge is -1.99. The van der Waals surface area contributed by atoms with E-state index in [4.69, 9.17) is 0 Å². The fourth-order valence-corrected chi connectivity index (χ4v) is 1.51. The van der Waals surface area contributed by atoms with Crippen molar-refractivity contribution in [3.63, 3.8) is 0 Å². The summed E-state index contributed by atoms with van der Waals surface area (Å²) in [5.74, 6) is -0.277. The Morgan fingerprint density at radius 2 is 2.46 bits per heavy atom. The van der Waals surface area contributed by atoms with E-state index in [2.05, 4.69) is 19.9 Å². The molecule has 0 aromatic carbocycles. The average molecular weight is 201 g/mol. The highest BCUT2D eigenvalue weighted by atomic mass is 32.1. The summed E-state index contributed by atoms with van der Waals surface area (Å²) in [5.41, 5.74) is 2.98. The molecular formula is C7H11N3O2S. The van der Waals surface area contributed by atoms with Gasteiger partial charge in [0.25, 0.3) is 5.91 Å². The number of rotatable bonds is 4. The van der Waals surface area contributed by atoms with Crippen LogP contribution in [0.2, 0.25) is 0 Å². The van der Waals surface area contributed by atoms with Crippen LogP contribution in [-0.4, -0.2) is 22.6 Å². The van der Waals surface area contributed by atoms with Crippen molar-refractivity contribution in [2.75, 3.05) is 7.11 Å². The fraction of sp³-hybridized carbons (Fsp3) is 0.571. The number of hydrogen-bond acceptors (Lipinski definition) is 5. The Morgan fingerprint density at radius 3 is 3.08 bits per heavy atom. The quantitative estimate of drug-likeness (QED) is 0.731. The van der Waals surface area contributed by atoms with Crippen LogP contribution >= 0.6 is 11.5 Å². The maximum absolute atomic E-state index is 11.3. The summed E-state index contributed by atoms with van der Waals surface area (Å²) in [6, 6.07) is 0. The summed E-state index contributed by atoms with van der Waals surface area (Å²) >= 11 is 1.08. The van der Waals surface area contributed by atoms with Gasteiger partial charge in [0.15, 0.2) is 0 Å². The number of hydroxylamine groups is 1. The van der Waals surface area contributed by atoms with E-state index in [0.717, 1.165) is 30.1 Å². The topological polar surface area (TPSA) is 64.1 Å². The van der Waals surface area contributed by atoms with Gasteiger partial charge in [-0.15, -0.1) is 5.10 Å². The smallest absolute Gasteiger partial charge is 0.277 e. The van der Waals surface area contributed by atoms with Gasteiger partial charge < -0.3 is 0 Å². The molecule has 0 aliphatic rings. The average Bonchev–Trinajstić information content (AvgIpc) is 2.54. The minimum Gasteiger partial charge on any atom is -0.277 e. The molecule has 72 valence electrons. The Morgan fingerprint density at radius 1 is 1.69 bits per heavy atom. The summed E-state index contributed by atoms with van der Waals surface area (Å²) in [4.78, 5) is 16.3. The van der Waals surface area contributed by atoms with Crippen molar-refractivity contribution in [2.45, 2.75) is 19.8 Å². The molecule has 0 radical (unpaired) electrons. The molecule has 1 aromatic rings. The first kappa shape index (κ1) is 10.1. The molecular weight excluding hydrogens is 190 g/mol. The van der Waals surface area contributed by atoms with Crippen molar-refractivity contribution in [2.24, 2.45) is 0 Å². The molecule has 0 fully saturated rings. The van der Waals surface area contributed by atoms with Crippen LogP contribution in [0.3, 0.4) is 0 Å². The number of nitrogens with zero attached hydrogens (tertiary/aromatic N) is 2. The van der Waals surface area contributed by atoms with E-state index < -0.39 is 0 Å². The van der Waals surface area contributed by atoms with Gasteiger partial charge in [-0.25, -0.2) is 5.48 Å². The Labute approximate surface area is 80.2 Å². The lowest BCUT2D eigenvalue weighted by atomic mass is 10.2. The summed E-state index contributed by atoms with van der Waals surface area (Å²) < 4.78 is 3.72. The SMILES string of the molecule is CCCc1nnsc1C(=O)NOC. The number of aromatic nitrogens is 2. The minimum absolute atomic E-state index is 0.277. The monoisotopic (exact) mass is 201 g/mol. The van der Waals surface area contributed by atoms with E-state index in [-0.39, 0.29) is 5.91 Å². The van der Waals surface area contributed by atoms with E-state index in [1.54, 1.807) is 0 Å². The van der Waals surface area contributed by atoms with Gasteiger partial charge in [0.2, 0.25) is 0 Å². The van der Waals surface area contributed by atoms with Crippen molar-refractivity contribution >= 4 is 17.4 Å². The van der Waals surface area contributed by atoms with Crippen LogP contribution < -0.4 is 5.48 Å². The van der Waals surface area contributed by atoms with Gasteiger partial charge in [0.05, 0.1) is 12.8 Å². The summed E-state index contributed by atoms with van der Waals surface area (Å²) in [6.45, 7) is 2.03. The second-order valence-corrected chi connectivity index (χ2v) is 3.19. The zero-order valence-electron chi connectivity index (χ0n) is 7.53. The molecule has 0 aliphatic carbocycles. The minimum atomic E-state index is -0.277. The Kier molecular flexibility index (Phi) is 3.78. The highest BCUT2D eigenvalue weighted by Crippen LogP contribution is 2.11. The van der Waals surface area contributed by atoms with Crippen molar-refractivity contribution in [1.29, 1.82) is 0 Å². The van der Waals surface area contributed by atoms with Crippen molar-refractivity contribution in [1.82, 2.24) is 15.1 Å². The number of nitrogens with one attached hydrogen (secondary N) is 1. The van der Waals surface area contributed by atoms with Crippen LogP contribution in [0.5, 0.6) is 0 Å². The van der Waals surface area contributed by atoms with Crippen LogP contribution in [0.25, 0.3) is 0 Å². The molecule has 1 rings (SSSR count). The van der Waals surface area contributed by atoms with Crippen molar-refractivity contribution in [3.05, 3.63) is 10.6 Å². The van der Waals surface area contributed by atoms with Gasteiger partial charge >= 0.3 is 0 Å². The predicted molar refractivity (Wildman–Crippen MR) is 48.4 cm³/mol. The summed E-state index contributed by atoms with van der Waals surface area (Å²) in [5, 5.41) is 3.86. The maximum Gasteiger partial charge on any atom is 0.288 e. The van der Waals surface area contributed by atoms with Gasteiger partial charge in [0, 0.05) is 0 Å². The van der Waals surface area contributed by atoms with Crippen molar-refractivity contribution in [3.8, 4) is 0 Å². The molecule has 0 saturated heterocycles. The number of carbonyl (C=O) groups excluding carboxylic acids is 1. The van der Waals surface area contributed by atoms with Gasteiger partial charge in [-0.2, -0.15) is 0 Å². The first-order chi connectivity index (χ1) is 6.29. The third-order valence-corrected chi connectivity index (χ3v) is 2.21. The normalized spacial score (nSPS) is 10.0. The van der Waals surface area contributed by atoms with Gasteiger partial charge in [0.1, 0.15) is 4.88 Å². The molecule has 0 unspecified atom stereocenters. The zero-order chi connectivity index (χ0) is 9.68. The first-order valence-electron chi connectivity index (χ1n) is 3.94. The van der Waals surface area contributed by atoms with E-state index in [1.165, 1.54) is 7.11 Å². The number of aryl methyl sites for hydroxylation is 1. The van der Waals surface area contributed by atoms with E-state index in [9.17, 15) is 4.79 Å². The van der Waals surface area contributed by atoms with Gasteiger partial charge in [-0.3, -0.25) is 9.63 Å². The summed E-state index contributed by atoms with van der Waals surface area (Å²) in [7, 11) is 1.39. The van der Waals surface area contributed by atoms with E-state index >= 15 is 0 Å². The van der Waals surface area contributed by atoms with Gasteiger partial charge in [-0.1, -0.05) is 17.8 Å². The zero-order valence-corrected chi connectivity index (χ0v) is 8.35. The second-order valence-electron chi connectivity index (χ2n) is 2.43. The van der Waals surface area contributed by atoms with E-state index in [1.807, 2.05) is 6.92 Å². The molecule has 0 bridgehead atoms. The molecule has 5 nitrogen and oxygen atoms in total. The fourth-order valence-electron chi connectivity index (χ4n) is 0.921. The lowest BCUT2D eigenvalue weighted by Crippen LogP contribution is -2.21. The van der Waals surface area contributed by atoms with Crippen LogP contribution in [0.4, 0.5) is 0 Å². The maximum atomic E-state index is 11.3.